The molecule has 1 heterocycles. The summed E-state index contributed by atoms with van der Waals surface area (Å²) in [6.07, 6.45) is 2.73. The highest BCUT2D eigenvalue weighted by molar-refractivity contribution is 7.10. The van der Waals surface area contributed by atoms with Gasteiger partial charge in [-0.05, 0) is 42.7 Å². The summed E-state index contributed by atoms with van der Waals surface area (Å²) in [7, 11) is 0. The van der Waals surface area contributed by atoms with Gasteiger partial charge in [0, 0.05) is 22.9 Å². The normalized spacial score (nSPS) is 16.9. The molecule has 0 spiro atoms. The predicted octanol–water partition coefficient (Wildman–Crippen LogP) is 5.08. The number of benzene rings is 1. The molecule has 0 saturated heterocycles. The number of aryl methyl sites for hydroxylation is 1. The van der Waals surface area contributed by atoms with Gasteiger partial charge in [0.25, 0.3) is 0 Å². The van der Waals surface area contributed by atoms with Crippen LogP contribution in [0.3, 0.4) is 0 Å². The molecule has 0 bridgehead atoms. The molecule has 1 aromatic carbocycles. The van der Waals surface area contributed by atoms with Crippen LogP contribution in [0.2, 0.25) is 0 Å². The molecule has 2 aromatic rings. The minimum absolute atomic E-state index is 0.200. The van der Waals surface area contributed by atoms with Gasteiger partial charge in [-0.15, -0.1) is 11.3 Å². The quantitative estimate of drug-likeness (QED) is 0.784. The van der Waals surface area contributed by atoms with Crippen molar-refractivity contribution in [1.82, 2.24) is 5.32 Å². The molecule has 21 heavy (non-hydrogen) atoms. The lowest BCUT2D eigenvalue weighted by molar-refractivity contribution is 0.403. The number of hydrogen-bond acceptors (Lipinski definition) is 2. The van der Waals surface area contributed by atoms with E-state index in [2.05, 4.69) is 67.9 Å². The fraction of sp³-hybridized carbons (Fsp3) is 0.474. The highest BCUT2D eigenvalue weighted by atomic mass is 32.1. The maximum absolute atomic E-state index is 3.85. The van der Waals surface area contributed by atoms with Crippen molar-refractivity contribution in [2.24, 2.45) is 5.92 Å². The third-order valence-electron chi connectivity index (χ3n) is 4.48. The number of hydrogen-bond donors (Lipinski definition) is 1. The van der Waals surface area contributed by atoms with Crippen molar-refractivity contribution < 1.29 is 0 Å². The van der Waals surface area contributed by atoms with Crippen molar-refractivity contribution in [1.29, 1.82) is 0 Å². The second-order valence-electron chi connectivity index (χ2n) is 6.97. The summed E-state index contributed by atoms with van der Waals surface area (Å²) in [6.45, 7) is 7.86. The second kappa shape index (κ2) is 5.94. The van der Waals surface area contributed by atoms with Crippen molar-refractivity contribution in [2.75, 3.05) is 6.54 Å². The van der Waals surface area contributed by atoms with Crippen LogP contribution in [-0.2, 0) is 5.41 Å². The van der Waals surface area contributed by atoms with Crippen LogP contribution in [0.5, 0.6) is 0 Å². The first kappa shape index (κ1) is 14.8. The molecule has 1 nitrogen and oxygen atoms in total. The molecular formula is C19H25NS. The minimum Gasteiger partial charge on any atom is -0.309 e. The Hall–Kier alpha value is -1.12. The molecule has 0 amide bonds. The molecule has 0 aliphatic heterocycles. The van der Waals surface area contributed by atoms with Gasteiger partial charge in [-0.2, -0.15) is 0 Å². The Morgan fingerprint density at radius 2 is 1.90 bits per heavy atom. The molecule has 1 saturated carbocycles. The zero-order chi connectivity index (χ0) is 14.9. The van der Waals surface area contributed by atoms with E-state index in [1.54, 1.807) is 0 Å². The van der Waals surface area contributed by atoms with E-state index in [0.717, 1.165) is 12.5 Å². The van der Waals surface area contributed by atoms with Crippen LogP contribution in [0.15, 0.2) is 41.8 Å². The molecule has 1 aliphatic carbocycles. The van der Waals surface area contributed by atoms with Crippen LogP contribution < -0.4 is 5.32 Å². The van der Waals surface area contributed by atoms with Crippen LogP contribution in [0, 0.1) is 12.8 Å². The fourth-order valence-electron chi connectivity index (χ4n) is 2.88. The van der Waals surface area contributed by atoms with Crippen LogP contribution in [-0.4, -0.2) is 6.54 Å². The Morgan fingerprint density at radius 3 is 2.48 bits per heavy atom. The van der Waals surface area contributed by atoms with E-state index >= 15 is 0 Å². The molecule has 1 fully saturated rings. The highest BCUT2D eigenvalue weighted by Gasteiger charge is 2.33. The molecule has 1 N–H and O–H groups in total. The van der Waals surface area contributed by atoms with Crippen molar-refractivity contribution in [2.45, 2.75) is 45.1 Å². The summed E-state index contributed by atoms with van der Waals surface area (Å²) < 4.78 is 0. The van der Waals surface area contributed by atoms with Gasteiger partial charge in [0.15, 0.2) is 0 Å². The van der Waals surface area contributed by atoms with E-state index in [0.29, 0.717) is 6.04 Å². The Kier molecular flexibility index (Phi) is 4.19. The average Bonchev–Trinajstić information content (AvgIpc) is 3.13. The summed E-state index contributed by atoms with van der Waals surface area (Å²) in [5, 5.41) is 6.03. The fourth-order valence-corrected chi connectivity index (χ4v) is 3.73. The van der Waals surface area contributed by atoms with Crippen LogP contribution >= 0.6 is 11.3 Å². The van der Waals surface area contributed by atoms with E-state index in [-0.39, 0.29) is 5.41 Å². The predicted molar refractivity (Wildman–Crippen MR) is 92.0 cm³/mol. The van der Waals surface area contributed by atoms with E-state index in [1.807, 2.05) is 11.3 Å². The lowest BCUT2D eigenvalue weighted by Crippen LogP contribution is -2.35. The zero-order valence-electron chi connectivity index (χ0n) is 13.2. The lowest BCUT2D eigenvalue weighted by atomic mass is 9.90. The number of rotatable bonds is 6. The van der Waals surface area contributed by atoms with Gasteiger partial charge in [-0.3, -0.25) is 0 Å². The molecule has 2 heteroatoms. The molecular weight excluding hydrogens is 274 g/mol. The van der Waals surface area contributed by atoms with Gasteiger partial charge in [0.1, 0.15) is 0 Å². The van der Waals surface area contributed by atoms with Gasteiger partial charge >= 0.3 is 0 Å². The maximum atomic E-state index is 3.85. The third-order valence-corrected chi connectivity index (χ3v) is 5.72. The second-order valence-corrected chi connectivity index (χ2v) is 7.92. The molecule has 1 atom stereocenters. The summed E-state index contributed by atoms with van der Waals surface area (Å²) in [6, 6.07) is 14.0. The van der Waals surface area contributed by atoms with Gasteiger partial charge in [0.05, 0.1) is 0 Å². The Balaban J connectivity index is 1.70. The topological polar surface area (TPSA) is 12.0 Å². The van der Waals surface area contributed by atoms with Crippen molar-refractivity contribution in [3.63, 3.8) is 0 Å². The standard InChI is InChI=1S/C19H25NS/c1-14-6-8-15(9-7-14)18(16-10-11-16)20-13-19(2,3)17-5-4-12-21-17/h4-9,12,16,18,20H,10-11,13H2,1-3H3. The number of thiophene rings is 1. The largest absolute Gasteiger partial charge is 0.309 e. The summed E-state index contributed by atoms with van der Waals surface area (Å²) in [5.41, 5.74) is 2.99. The van der Waals surface area contributed by atoms with E-state index in [1.165, 1.54) is 28.8 Å². The summed E-state index contributed by atoms with van der Waals surface area (Å²) in [5.74, 6) is 0.826. The van der Waals surface area contributed by atoms with Crippen LogP contribution in [0.4, 0.5) is 0 Å². The van der Waals surface area contributed by atoms with E-state index < -0.39 is 0 Å². The summed E-state index contributed by atoms with van der Waals surface area (Å²) in [4.78, 5) is 1.47. The number of nitrogens with one attached hydrogen (secondary N) is 1. The van der Waals surface area contributed by atoms with Gasteiger partial charge in [0.2, 0.25) is 0 Å². The minimum atomic E-state index is 0.200. The van der Waals surface area contributed by atoms with Gasteiger partial charge in [-0.25, -0.2) is 0 Å². The first-order chi connectivity index (χ1) is 10.1. The zero-order valence-corrected chi connectivity index (χ0v) is 14.0. The molecule has 1 unspecified atom stereocenters. The van der Waals surface area contributed by atoms with Crippen molar-refractivity contribution >= 4 is 11.3 Å². The van der Waals surface area contributed by atoms with Crippen LogP contribution in [0.1, 0.15) is 48.7 Å². The summed E-state index contributed by atoms with van der Waals surface area (Å²) >= 11 is 1.86. The maximum Gasteiger partial charge on any atom is 0.0349 e. The SMILES string of the molecule is Cc1ccc(C(NCC(C)(C)c2cccs2)C2CC2)cc1. The molecule has 0 radical (unpaired) electrons. The molecule has 3 rings (SSSR count). The third kappa shape index (κ3) is 3.56. The Labute approximate surface area is 132 Å². The smallest absolute Gasteiger partial charge is 0.0349 e. The van der Waals surface area contributed by atoms with Gasteiger partial charge < -0.3 is 5.32 Å². The molecule has 1 aromatic heterocycles. The molecule has 1 aliphatic rings. The Bertz CT molecular complexity index is 564. The first-order valence-corrected chi connectivity index (χ1v) is 8.78. The van der Waals surface area contributed by atoms with Crippen molar-refractivity contribution in [3.8, 4) is 0 Å². The van der Waals surface area contributed by atoms with Crippen LogP contribution in [0.25, 0.3) is 0 Å². The lowest BCUT2D eigenvalue weighted by Gasteiger charge is -2.28. The van der Waals surface area contributed by atoms with E-state index in [9.17, 15) is 0 Å². The van der Waals surface area contributed by atoms with Gasteiger partial charge in [-0.1, -0.05) is 49.7 Å². The highest BCUT2D eigenvalue weighted by Crippen LogP contribution is 2.41. The Morgan fingerprint density at radius 1 is 1.19 bits per heavy atom. The van der Waals surface area contributed by atoms with Crippen molar-refractivity contribution in [3.05, 3.63) is 57.8 Å². The molecule has 112 valence electrons. The monoisotopic (exact) mass is 299 g/mol. The first-order valence-electron chi connectivity index (χ1n) is 7.90. The average molecular weight is 299 g/mol. The van der Waals surface area contributed by atoms with E-state index in [4.69, 9.17) is 0 Å².